The van der Waals surface area contributed by atoms with E-state index in [-0.39, 0.29) is 24.3 Å². The van der Waals surface area contributed by atoms with Gasteiger partial charge in [0.15, 0.2) is 5.13 Å². The number of halogens is 1. The molecule has 1 aromatic heterocycles. The monoisotopic (exact) mass is 378 g/mol. The van der Waals surface area contributed by atoms with Gasteiger partial charge in [-0.05, 0) is 18.2 Å². The molecule has 1 aliphatic rings. The first-order valence-electron chi connectivity index (χ1n) is 8.15. The lowest BCUT2D eigenvalue weighted by Gasteiger charge is -2.22. The summed E-state index contributed by atoms with van der Waals surface area (Å²) in [4.78, 5) is 27.4. The number of aromatic nitrogens is 1. The Morgan fingerprint density at radius 2 is 2.27 bits per heavy atom. The Kier molecular flexibility index (Phi) is 5.92. The van der Waals surface area contributed by atoms with Crippen LogP contribution in [0.5, 0.6) is 0 Å². The number of hydrogen-bond acceptors (Lipinski definition) is 6. The molecule has 0 spiro atoms. The summed E-state index contributed by atoms with van der Waals surface area (Å²) >= 11 is 1.23. The third-order valence-corrected chi connectivity index (χ3v) is 4.50. The highest BCUT2D eigenvalue weighted by atomic mass is 32.1. The van der Waals surface area contributed by atoms with Gasteiger partial charge in [-0.2, -0.15) is 0 Å². The van der Waals surface area contributed by atoms with Gasteiger partial charge in [-0.1, -0.05) is 0 Å². The molecule has 3 rings (SSSR count). The molecular weight excluding hydrogens is 359 g/mol. The van der Waals surface area contributed by atoms with Crippen LogP contribution in [0.1, 0.15) is 13.3 Å². The second-order valence-electron chi connectivity index (χ2n) is 5.89. The Labute approximate surface area is 154 Å². The summed E-state index contributed by atoms with van der Waals surface area (Å²) in [7, 11) is 0. The van der Waals surface area contributed by atoms with Crippen molar-refractivity contribution < 1.29 is 18.7 Å². The van der Waals surface area contributed by atoms with E-state index in [2.05, 4.69) is 20.9 Å². The summed E-state index contributed by atoms with van der Waals surface area (Å²) in [5, 5.41) is 10.5. The van der Waals surface area contributed by atoms with Crippen LogP contribution < -0.4 is 16.0 Å². The molecule has 138 valence electrons. The number of ether oxygens (including phenoxy) is 1. The summed E-state index contributed by atoms with van der Waals surface area (Å²) in [5.74, 6) is -0.938. The van der Waals surface area contributed by atoms with E-state index in [1.54, 1.807) is 17.5 Å². The number of hydrogen-bond donors (Lipinski definition) is 3. The largest absolute Gasteiger partial charge is 0.378 e. The van der Waals surface area contributed by atoms with E-state index < -0.39 is 5.82 Å². The van der Waals surface area contributed by atoms with Gasteiger partial charge >= 0.3 is 0 Å². The van der Waals surface area contributed by atoms with Crippen molar-refractivity contribution in [3.05, 3.63) is 29.4 Å². The SMILES string of the molecule is CC(=O)Nc1ccc(-c2csc(NC(=O)CC3COCCN3)n2)c(F)c1. The highest BCUT2D eigenvalue weighted by Gasteiger charge is 2.18. The molecule has 0 saturated carbocycles. The van der Waals surface area contributed by atoms with Crippen molar-refractivity contribution in [2.75, 3.05) is 30.4 Å². The Morgan fingerprint density at radius 1 is 1.42 bits per heavy atom. The number of amides is 2. The molecule has 1 aromatic carbocycles. The van der Waals surface area contributed by atoms with Gasteiger partial charge in [-0.25, -0.2) is 9.37 Å². The molecule has 7 nitrogen and oxygen atoms in total. The maximum atomic E-state index is 14.3. The van der Waals surface area contributed by atoms with Crippen LogP contribution in [-0.2, 0) is 14.3 Å². The van der Waals surface area contributed by atoms with Crippen molar-refractivity contribution in [2.45, 2.75) is 19.4 Å². The zero-order valence-electron chi connectivity index (χ0n) is 14.2. The Morgan fingerprint density at radius 3 is 2.96 bits per heavy atom. The van der Waals surface area contributed by atoms with E-state index in [4.69, 9.17) is 4.74 Å². The quantitative estimate of drug-likeness (QED) is 0.742. The number of carbonyl (C=O) groups is 2. The third kappa shape index (κ3) is 4.84. The van der Waals surface area contributed by atoms with E-state index in [1.807, 2.05) is 0 Å². The summed E-state index contributed by atoms with van der Waals surface area (Å²) in [6.45, 7) is 3.24. The van der Waals surface area contributed by atoms with Crippen LogP contribution >= 0.6 is 11.3 Å². The second-order valence-corrected chi connectivity index (χ2v) is 6.75. The van der Waals surface area contributed by atoms with Crippen molar-refractivity contribution in [3.63, 3.8) is 0 Å². The molecular formula is C17H19FN4O3S. The van der Waals surface area contributed by atoms with E-state index in [0.29, 0.717) is 35.3 Å². The van der Waals surface area contributed by atoms with Gasteiger partial charge < -0.3 is 20.7 Å². The maximum absolute atomic E-state index is 14.3. The van der Waals surface area contributed by atoms with Crippen LogP contribution in [-0.4, -0.2) is 42.6 Å². The third-order valence-electron chi connectivity index (χ3n) is 3.75. The maximum Gasteiger partial charge on any atom is 0.227 e. The van der Waals surface area contributed by atoms with Crippen molar-refractivity contribution in [1.29, 1.82) is 0 Å². The summed E-state index contributed by atoms with van der Waals surface area (Å²) in [5.41, 5.74) is 1.11. The summed E-state index contributed by atoms with van der Waals surface area (Å²) in [6.07, 6.45) is 0.286. The number of nitrogens with one attached hydrogen (secondary N) is 3. The first-order valence-corrected chi connectivity index (χ1v) is 9.03. The number of nitrogens with zero attached hydrogens (tertiary/aromatic N) is 1. The predicted molar refractivity (Wildman–Crippen MR) is 97.7 cm³/mol. The van der Waals surface area contributed by atoms with Gasteiger partial charge in [0.1, 0.15) is 5.82 Å². The minimum atomic E-state index is -0.497. The molecule has 2 amide bonds. The molecule has 0 bridgehead atoms. The average Bonchev–Trinajstić information content (AvgIpc) is 3.03. The summed E-state index contributed by atoms with van der Waals surface area (Å²) in [6, 6.07) is 4.38. The number of morpholine rings is 1. The van der Waals surface area contributed by atoms with Gasteiger partial charge in [0.25, 0.3) is 0 Å². The molecule has 0 aliphatic carbocycles. The van der Waals surface area contributed by atoms with E-state index in [0.717, 1.165) is 6.54 Å². The molecule has 26 heavy (non-hydrogen) atoms. The minimum absolute atomic E-state index is 0.0121. The Hall–Kier alpha value is -2.36. The van der Waals surface area contributed by atoms with Crippen LogP contribution in [0.3, 0.4) is 0 Å². The number of carbonyl (C=O) groups excluding carboxylic acids is 2. The first kappa shape index (κ1) is 18.4. The van der Waals surface area contributed by atoms with Crippen molar-refractivity contribution in [1.82, 2.24) is 10.3 Å². The van der Waals surface area contributed by atoms with Gasteiger partial charge in [0.05, 0.1) is 18.9 Å². The standard InChI is InChI=1S/C17H19FN4O3S/c1-10(23)20-11-2-3-13(14(18)6-11)15-9-26-17(21-15)22-16(24)7-12-8-25-5-4-19-12/h2-3,6,9,12,19H,4-5,7-8H2,1H3,(H,20,23)(H,21,22,24). The lowest BCUT2D eigenvalue weighted by Crippen LogP contribution is -2.43. The number of benzene rings is 1. The van der Waals surface area contributed by atoms with Gasteiger partial charge in [-0.15, -0.1) is 11.3 Å². The fourth-order valence-electron chi connectivity index (χ4n) is 2.60. The van der Waals surface area contributed by atoms with Crippen molar-refractivity contribution >= 4 is 34.0 Å². The zero-order valence-corrected chi connectivity index (χ0v) is 15.0. The lowest BCUT2D eigenvalue weighted by atomic mass is 10.1. The molecule has 3 N–H and O–H groups in total. The molecule has 9 heteroatoms. The predicted octanol–water partition coefficient (Wildman–Crippen LogP) is 2.22. The molecule has 2 aromatic rings. The van der Waals surface area contributed by atoms with Crippen LogP contribution in [0.15, 0.2) is 23.6 Å². The van der Waals surface area contributed by atoms with Crippen LogP contribution in [0.25, 0.3) is 11.3 Å². The molecule has 0 radical (unpaired) electrons. The molecule has 1 atom stereocenters. The molecule has 2 heterocycles. The number of anilines is 2. The molecule has 1 unspecified atom stereocenters. The number of thiazole rings is 1. The molecule has 1 saturated heterocycles. The van der Waals surface area contributed by atoms with Crippen LogP contribution in [0.4, 0.5) is 15.2 Å². The second kappa shape index (κ2) is 8.35. The zero-order chi connectivity index (χ0) is 18.5. The fourth-order valence-corrected chi connectivity index (χ4v) is 3.33. The normalized spacial score (nSPS) is 16.9. The van der Waals surface area contributed by atoms with Gasteiger partial charge in [-0.3, -0.25) is 9.59 Å². The highest BCUT2D eigenvalue weighted by molar-refractivity contribution is 7.14. The number of rotatable bonds is 5. The first-order chi connectivity index (χ1) is 12.5. The van der Waals surface area contributed by atoms with Gasteiger partial charge in [0.2, 0.25) is 11.8 Å². The van der Waals surface area contributed by atoms with Crippen molar-refractivity contribution in [2.24, 2.45) is 0 Å². The topological polar surface area (TPSA) is 92.4 Å². The Balaban J connectivity index is 1.63. The average molecular weight is 378 g/mol. The molecule has 1 aliphatic heterocycles. The van der Waals surface area contributed by atoms with Crippen molar-refractivity contribution in [3.8, 4) is 11.3 Å². The van der Waals surface area contributed by atoms with Crippen LogP contribution in [0.2, 0.25) is 0 Å². The van der Waals surface area contributed by atoms with Crippen LogP contribution in [0, 0.1) is 5.82 Å². The minimum Gasteiger partial charge on any atom is -0.378 e. The lowest BCUT2D eigenvalue weighted by molar-refractivity contribution is -0.117. The fraction of sp³-hybridized carbons (Fsp3) is 0.353. The van der Waals surface area contributed by atoms with E-state index >= 15 is 0 Å². The highest BCUT2D eigenvalue weighted by Crippen LogP contribution is 2.28. The summed E-state index contributed by atoms with van der Waals surface area (Å²) < 4.78 is 19.6. The molecule has 1 fully saturated rings. The Bertz CT molecular complexity index is 805. The van der Waals surface area contributed by atoms with Gasteiger partial charge in [0, 0.05) is 42.6 Å². The smallest absolute Gasteiger partial charge is 0.227 e. The van der Waals surface area contributed by atoms with E-state index in [1.165, 1.54) is 24.3 Å². The van der Waals surface area contributed by atoms with E-state index in [9.17, 15) is 14.0 Å².